The number of anilines is 3. The zero-order chi connectivity index (χ0) is 20.3. The molecule has 3 aromatic rings. The number of pyridine rings is 1. The van der Waals surface area contributed by atoms with Gasteiger partial charge in [-0.25, -0.2) is 13.8 Å². The summed E-state index contributed by atoms with van der Waals surface area (Å²) in [5, 5.41) is 32.9. The van der Waals surface area contributed by atoms with Crippen LogP contribution < -0.4 is 10.6 Å². The highest BCUT2D eigenvalue weighted by Crippen LogP contribution is 2.31. The number of aromatic amines is 1. The number of benzene rings is 1. The van der Waals surface area contributed by atoms with Crippen LogP contribution in [0.3, 0.4) is 0 Å². The van der Waals surface area contributed by atoms with Crippen molar-refractivity contribution in [3.8, 4) is 0 Å². The fourth-order valence-corrected chi connectivity index (χ4v) is 2.51. The van der Waals surface area contributed by atoms with Gasteiger partial charge in [-0.2, -0.15) is 5.10 Å². The Morgan fingerprint density at radius 3 is 2.54 bits per heavy atom. The first kappa shape index (κ1) is 19.2. The van der Waals surface area contributed by atoms with Gasteiger partial charge in [0.25, 0.3) is 0 Å². The molecule has 1 atom stereocenters. The highest BCUT2D eigenvalue weighted by molar-refractivity contribution is 5.64. The molecule has 1 unspecified atom stereocenters. The number of halogens is 2. The number of aliphatic hydroxyl groups is 1. The summed E-state index contributed by atoms with van der Waals surface area (Å²) >= 11 is 0. The summed E-state index contributed by atoms with van der Waals surface area (Å²) < 4.78 is 27.4. The molecule has 0 bridgehead atoms. The normalized spacial score (nSPS) is 11.9. The van der Waals surface area contributed by atoms with Crippen LogP contribution in [0.4, 0.5) is 31.9 Å². The number of nitrogens with one attached hydrogen (secondary N) is 3. The number of rotatable bonds is 7. The second-order valence-electron chi connectivity index (χ2n) is 5.94. The average Bonchev–Trinajstić information content (AvgIpc) is 3.07. The standard InChI is InChI=1S/C17H16F2N6O3/c1-9-6-15(24-23-9)21-16-12(19)7-14(25(27)28)17(22-16)20-13(8-26)10-2-4-11(18)5-3-10/h2-7,13,26H,8H2,1H3,(H3,20,21,22,23,24). The van der Waals surface area contributed by atoms with E-state index in [2.05, 4.69) is 25.8 Å². The molecule has 0 aliphatic carbocycles. The van der Waals surface area contributed by atoms with Crippen molar-refractivity contribution < 1.29 is 18.8 Å². The predicted molar refractivity (Wildman–Crippen MR) is 97.3 cm³/mol. The van der Waals surface area contributed by atoms with Crippen LogP contribution in [0.5, 0.6) is 0 Å². The highest BCUT2D eigenvalue weighted by Gasteiger charge is 2.23. The van der Waals surface area contributed by atoms with Crippen LogP contribution in [0, 0.1) is 28.7 Å². The van der Waals surface area contributed by atoms with Gasteiger partial charge in [-0.3, -0.25) is 15.2 Å². The number of H-pyrrole nitrogens is 1. The maximum absolute atomic E-state index is 14.3. The first-order valence-corrected chi connectivity index (χ1v) is 8.14. The van der Waals surface area contributed by atoms with Gasteiger partial charge in [0.15, 0.2) is 17.5 Å². The van der Waals surface area contributed by atoms with Crippen molar-refractivity contribution >= 4 is 23.1 Å². The second-order valence-corrected chi connectivity index (χ2v) is 5.94. The van der Waals surface area contributed by atoms with Gasteiger partial charge in [0.1, 0.15) is 5.82 Å². The van der Waals surface area contributed by atoms with Crippen molar-refractivity contribution in [2.24, 2.45) is 0 Å². The van der Waals surface area contributed by atoms with Crippen molar-refractivity contribution in [3.05, 3.63) is 69.4 Å². The minimum Gasteiger partial charge on any atom is -0.394 e. The number of hydrogen-bond acceptors (Lipinski definition) is 7. The van der Waals surface area contributed by atoms with Gasteiger partial charge in [-0.05, 0) is 24.6 Å². The maximum atomic E-state index is 14.3. The number of aliphatic hydroxyl groups excluding tert-OH is 1. The SMILES string of the molecule is Cc1cc(Nc2nc(NC(CO)c3ccc(F)cc3)c([N+](=O)[O-])cc2F)n[nH]1. The van der Waals surface area contributed by atoms with Gasteiger partial charge < -0.3 is 15.7 Å². The van der Waals surface area contributed by atoms with E-state index in [1.54, 1.807) is 13.0 Å². The Kier molecular flexibility index (Phi) is 5.45. The van der Waals surface area contributed by atoms with Crippen LogP contribution in [-0.2, 0) is 0 Å². The number of aryl methyl sites for hydroxylation is 1. The molecule has 0 saturated heterocycles. The lowest BCUT2D eigenvalue weighted by Crippen LogP contribution is -2.17. The predicted octanol–water partition coefficient (Wildman–Crippen LogP) is 3.19. The van der Waals surface area contributed by atoms with Crippen molar-refractivity contribution in [3.63, 3.8) is 0 Å². The molecule has 0 spiro atoms. The van der Waals surface area contributed by atoms with Gasteiger partial charge in [-0.15, -0.1) is 0 Å². The first-order valence-electron chi connectivity index (χ1n) is 8.14. The molecule has 146 valence electrons. The quantitative estimate of drug-likeness (QED) is 0.360. The molecule has 0 aliphatic rings. The van der Waals surface area contributed by atoms with Crippen molar-refractivity contribution in [1.29, 1.82) is 0 Å². The lowest BCUT2D eigenvalue weighted by atomic mass is 10.1. The van der Waals surface area contributed by atoms with E-state index < -0.39 is 34.9 Å². The Balaban J connectivity index is 1.95. The zero-order valence-corrected chi connectivity index (χ0v) is 14.6. The summed E-state index contributed by atoms with van der Waals surface area (Å²) in [6.07, 6.45) is 0. The van der Waals surface area contributed by atoms with E-state index in [-0.39, 0.29) is 17.5 Å². The molecule has 3 rings (SSSR count). The van der Waals surface area contributed by atoms with Crippen molar-refractivity contribution in [2.45, 2.75) is 13.0 Å². The Morgan fingerprint density at radius 2 is 1.96 bits per heavy atom. The minimum absolute atomic E-state index is 0.260. The van der Waals surface area contributed by atoms with E-state index in [0.717, 1.165) is 11.8 Å². The molecule has 4 N–H and O–H groups in total. The third-order valence-electron chi connectivity index (χ3n) is 3.87. The van der Waals surface area contributed by atoms with Crippen LogP contribution in [0.25, 0.3) is 0 Å². The maximum Gasteiger partial charge on any atom is 0.314 e. The molecular formula is C17H16F2N6O3. The molecule has 0 amide bonds. The molecule has 0 saturated carbocycles. The summed E-state index contributed by atoms with van der Waals surface area (Å²) in [5.41, 5.74) is 0.586. The van der Waals surface area contributed by atoms with Gasteiger partial charge in [0.05, 0.1) is 23.6 Å². The van der Waals surface area contributed by atoms with Crippen molar-refractivity contribution in [2.75, 3.05) is 17.2 Å². The lowest BCUT2D eigenvalue weighted by Gasteiger charge is -2.18. The molecule has 9 nitrogen and oxygen atoms in total. The molecule has 2 heterocycles. The van der Waals surface area contributed by atoms with Crippen LogP contribution in [0.1, 0.15) is 17.3 Å². The van der Waals surface area contributed by atoms with Crippen LogP contribution in [0.15, 0.2) is 36.4 Å². The van der Waals surface area contributed by atoms with E-state index in [4.69, 9.17) is 0 Å². The number of hydrogen-bond donors (Lipinski definition) is 4. The number of nitrogens with zero attached hydrogens (tertiary/aromatic N) is 3. The molecule has 0 aliphatic heterocycles. The largest absolute Gasteiger partial charge is 0.394 e. The molecule has 28 heavy (non-hydrogen) atoms. The lowest BCUT2D eigenvalue weighted by molar-refractivity contribution is -0.384. The summed E-state index contributed by atoms with van der Waals surface area (Å²) in [4.78, 5) is 14.5. The topological polar surface area (TPSA) is 129 Å². The third kappa shape index (κ3) is 4.20. The average molecular weight is 390 g/mol. The summed E-state index contributed by atoms with van der Waals surface area (Å²) in [6.45, 7) is 1.29. The van der Waals surface area contributed by atoms with Crippen LogP contribution >= 0.6 is 0 Å². The fraction of sp³-hybridized carbons (Fsp3) is 0.176. The molecule has 0 radical (unpaired) electrons. The van der Waals surface area contributed by atoms with E-state index >= 15 is 0 Å². The van der Waals surface area contributed by atoms with Crippen LogP contribution in [0.2, 0.25) is 0 Å². The number of nitro groups is 1. The molecule has 2 aromatic heterocycles. The van der Waals surface area contributed by atoms with Gasteiger partial charge in [-0.1, -0.05) is 12.1 Å². The van der Waals surface area contributed by atoms with Gasteiger partial charge in [0, 0.05) is 11.8 Å². The highest BCUT2D eigenvalue weighted by atomic mass is 19.1. The van der Waals surface area contributed by atoms with Gasteiger partial charge >= 0.3 is 5.69 Å². The third-order valence-corrected chi connectivity index (χ3v) is 3.87. The monoisotopic (exact) mass is 390 g/mol. The zero-order valence-electron chi connectivity index (χ0n) is 14.6. The Bertz CT molecular complexity index is 993. The molecule has 1 aromatic carbocycles. The van der Waals surface area contributed by atoms with E-state index in [1.165, 1.54) is 24.3 Å². The first-order chi connectivity index (χ1) is 13.4. The van der Waals surface area contributed by atoms with Crippen molar-refractivity contribution in [1.82, 2.24) is 15.2 Å². The summed E-state index contributed by atoms with van der Waals surface area (Å²) in [7, 11) is 0. The Hall–Kier alpha value is -3.60. The molecular weight excluding hydrogens is 374 g/mol. The van der Waals surface area contributed by atoms with Gasteiger partial charge in [0.2, 0.25) is 5.82 Å². The summed E-state index contributed by atoms with van der Waals surface area (Å²) in [5.74, 6) is -1.67. The Morgan fingerprint density at radius 1 is 1.25 bits per heavy atom. The number of aromatic nitrogens is 3. The molecule has 11 heteroatoms. The fourth-order valence-electron chi connectivity index (χ4n) is 2.51. The van der Waals surface area contributed by atoms with Crippen LogP contribution in [-0.4, -0.2) is 31.8 Å². The smallest absolute Gasteiger partial charge is 0.314 e. The van der Waals surface area contributed by atoms with E-state index in [1.807, 2.05) is 0 Å². The summed E-state index contributed by atoms with van der Waals surface area (Å²) in [6, 6.07) is 6.73. The Labute approximate surface area is 157 Å². The second kappa shape index (κ2) is 7.96. The molecule has 0 fully saturated rings. The van der Waals surface area contributed by atoms with E-state index in [0.29, 0.717) is 5.56 Å². The van der Waals surface area contributed by atoms with E-state index in [9.17, 15) is 24.0 Å². The minimum atomic E-state index is -0.944.